The summed E-state index contributed by atoms with van der Waals surface area (Å²) in [6.45, 7) is 0. The van der Waals surface area contributed by atoms with E-state index in [1.54, 1.807) is 24.3 Å². The molecule has 0 radical (unpaired) electrons. The Morgan fingerprint density at radius 3 is 2.46 bits per heavy atom. The minimum atomic E-state index is -0.958. The van der Waals surface area contributed by atoms with E-state index in [0.717, 1.165) is 33.8 Å². The Morgan fingerprint density at radius 1 is 1.04 bits per heavy atom. The van der Waals surface area contributed by atoms with Crippen LogP contribution in [0.3, 0.4) is 0 Å². The summed E-state index contributed by atoms with van der Waals surface area (Å²) in [7, 11) is 0. The summed E-state index contributed by atoms with van der Waals surface area (Å²) < 4.78 is 0. The highest BCUT2D eigenvalue weighted by Gasteiger charge is 2.26. The molecule has 3 aromatic rings. The average molecular weight is 361 g/mol. The number of ketones is 1. The number of nitrogens with zero attached hydrogens (tertiary/aromatic N) is 1. The molecule has 128 valence electrons. The van der Waals surface area contributed by atoms with E-state index in [4.69, 9.17) is 5.11 Å². The van der Waals surface area contributed by atoms with Crippen LogP contribution >= 0.6 is 11.3 Å². The van der Waals surface area contributed by atoms with Gasteiger partial charge in [0.15, 0.2) is 0 Å². The van der Waals surface area contributed by atoms with E-state index in [-0.39, 0.29) is 11.3 Å². The van der Waals surface area contributed by atoms with Crippen molar-refractivity contribution in [2.24, 2.45) is 0 Å². The van der Waals surface area contributed by atoms with Crippen molar-refractivity contribution in [2.75, 3.05) is 0 Å². The fourth-order valence-electron chi connectivity index (χ4n) is 2.98. The smallest absolute Gasteiger partial charge is 0.335 e. The molecule has 0 fully saturated rings. The average Bonchev–Trinajstić information content (AvgIpc) is 3.10. The van der Waals surface area contributed by atoms with Gasteiger partial charge in [-0.3, -0.25) is 4.79 Å². The Balaban J connectivity index is 1.63. The minimum absolute atomic E-state index is 0.0215. The van der Waals surface area contributed by atoms with Gasteiger partial charge in [0, 0.05) is 11.1 Å². The number of carboxylic acid groups (broad SMARTS) is 1. The number of carboxylic acids is 1. The molecule has 2 aromatic carbocycles. The summed E-state index contributed by atoms with van der Waals surface area (Å²) in [6, 6.07) is 16.4. The zero-order valence-corrected chi connectivity index (χ0v) is 14.6. The van der Waals surface area contributed by atoms with Crippen LogP contribution in [0, 0.1) is 0 Å². The Bertz CT molecular complexity index is 1020. The normalized spacial score (nSPS) is 15.1. The Hall–Kier alpha value is -3.05. The molecular formula is C21H15NO3S. The van der Waals surface area contributed by atoms with Crippen LogP contribution in [0.25, 0.3) is 16.6 Å². The van der Waals surface area contributed by atoms with Crippen molar-refractivity contribution < 1.29 is 14.7 Å². The maximum Gasteiger partial charge on any atom is 0.335 e. The standard InChI is InChI=1S/C21H15NO3S/c23-18-16(12-13-6-8-15(9-7-13)21(24)25)10-11-17-19(18)26-20(22-17)14-4-2-1-3-5-14/h1-9,12H,10-11H2,(H,24,25). The van der Waals surface area contributed by atoms with Crippen molar-refractivity contribution in [2.45, 2.75) is 12.8 Å². The SMILES string of the molecule is O=C(O)c1ccc(C=C2CCc3nc(-c4ccccc4)sc3C2=O)cc1. The second-order valence-corrected chi connectivity index (χ2v) is 7.09. The van der Waals surface area contributed by atoms with Gasteiger partial charge in [0.2, 0.25) is 5.78 Å². The van der Waals surface area contributed by atoms with Gasteiger partial charge < -0.3 is 5.11 Å². The quantitative estimate of drug-likeness (QED) is 0.686. The molecule has 1 N–H and O–H groups in total. The van der Waals surface area contributed by atoms with Crippen molar-refractivity contribution in [3.05, 3.63) is 81.9 Å². The van der Waals surface area contributed by atoms with Gasteiger partial charge in [-0.05, 0) is 36.6 Å². The molecule has 1 aromatic heterocycles. The maximum atomic E-state index is 12.8. The van der Waals surface area contributed by atoms with Crippen LogP contribution in [-0.2, 0) is 6.42 Å². The third kappa shape index (κ3) is 3.09. The predicted molar refractivity (Wildman–Crippen MR) is 102 cm³/mol. The molecule has 0 spiro atoms. The molecule has 26 heavy (non-hydrogen) atoms. The first-order valence-electron chi connectivity index (χ1n) is 8.25. The number of carbonyl (C=O) groups excluding carboxylic acids is 1. The van der Waals surface area contributed by atoms with Crippen molar-refractivity contribution in [1.82, 2.24) is 4.98 Å². The van der Waals surface area contributed by atoms with Crippen LogP contribution in [0.1, 0.15) is 37.7 Å². The van der Waals surface area contributed by atoms with E-state index < -0.39 is 5.97 Å². The number of aromatic nitrogens is 1. The minimum Gasteiger partial charge on any atom is -0.478 e. The third-order valence-electron chi connectivity index (χ3n) is 4.35. The molecule has 0 saturated carbocycles. The lowest BCUT2D eigenvalue weighted by Crippen LogP contribution is -2.12. The van der Waals surface area contributed by atoms with Crippen molar-refractivity contribution in [3.8, 4) is 10.6 Å². The van der Waals surface area contributed by atoms with E-state index >= 15 is 0 Å². The maximum absolute atomic E-state index is 12.8. The van der Waals surface area contributed by atoms with E-state index in [2.05, 4.69) is 4.98 Å². The lowest BCUT2D eigenvalue weighted by Gasteiger charge is -2.12. The number of aromatic carboxylic acids is 1. The largest absolute Gasteiger partial charge is 0.478 e. The summed E-state index contributed by atoms with van der Waals surface area (Å²) in [6.07, 6.45) is 3.23. The molecule has 0 aliphatic heterocycles. The number of thiazole rings is 1. The molecule has 0 amide bonds. The number of carbonyl (C=O) groups is 2. The number of Topliss-reactive ketones (excluding diaryl/α,β-unsaturated/α-hetero) is 1. The fraction of sp³-hybridized carbons (Fsp3) is 0.0952. The first-order valence-corrected chi connectivity index (χ1v) is 9.07. The second-order valence-electron chi connectivity index (χ2n) is 6.09. The van der Waals surface area contributed by atoms with Gasteiger partial charge in [-0.2, -0.15) is 0 Å². The van der Waals surface area contributed by atoms with Crippen molar-refractivity contribution in [1.29, 1.82) is 0 Å². The summed E-state index contributed by atoms with van der Waals surface area (Å²) >= 11 is 1.44. The number of hydrogen-bond acceptors (Lipinski definition) is 4. The number of benzene rings is 2. The first-order chi connectivity index (χ1) is 12.6. The lowest BCUT2D eigenvalue weighted by atomic mass is 9.94. The van der Waals surface area contributed by atoms with E-state index in [0.29, 0.717) is 11.3 Å². The summed E-state index contributed by atoms with van der Waals surface area (Å²) in [4.78, 5) is 29.1. The highest BCUT2D eigenvalue weighted by Crippen LogP contribution is 2.34. The Morgan fingerprint density at radius 2 is 1.77 bits per heavy atom. The number of aryl methyl sites for hydroxylation is 1. The molecular weight excluding hydrogens is 346 g/mol. The molecule has 0 atom stereocenters. The van der Waals surface area contributed by atoms with Gasteiger partial charge in [-0.25, -0.2) is 9.78 Å². The lowest BCUT2D eigenvalue weighted by molar-refractivity contribution is 0.0696. The van der Waals surface area contributed by atoms with E-state index in [1.165, 1.54) is 11.3 Å². The zero-order valence-electron chi connectivity index (χ0n) is 13.8. The van der Waals surface area contributed by atoms with E-state index in [1.807, 2.05) is 36.4 Å². The molecule has 4 nitrogen and oxygen atoms in total. The third-order valence-corrected chi connectivity index (χ3v) is 5.49. The Labute approximate surface area is 154 Å². The molecule has 4 rings (SSSR count). The molecule has 1 aliphatic carbocycles. The highest BCUT2D eigenvalue weighted by molar-refractivity contribution is 7.17. The fourth-order valence-corrected chi connectivity index (χ4v) is 4.07. The Kier molecular flexibility index (Phi) is 4.22. The van der Waals surface area contributed by atoms with Gasteiger partial charge in [-0.1, -0.05) is 42.5 Å². The van der Waals surface area contributed by atoms with Crippen molar-refractivity contribution >= 4 is 29.2 Å². The monoisotopic (exact) mass is 361 g/mol. The van der Waals surface area contributed by atoms with Crippen LogP contribution in [0.2, 0.25) is 0 Å². The van der Waals surface area contributed by atoms with Gasteiger partial charge in [-0.15, -0.1) is 11.3 Å². The molecule has 0 bridgehead atoms. The zero-order chi connectivity index (χ0) is 18.1. The first kappa shape index (κ1) is 16.4. The van der Waals surface area contributed by atoms with Gasteiger partial charge in [0.1, 0.15) is 5.01 Å². The predicted octanol–water partition coefficient (Wildman–Crippen LogP) is 4.72. The molecule has 0 unspecified atom stereocenters. The molecule has 5 heteroatoms. The van der Waals surface area contributed by atoms with Gasteiger partial charge in [0.05, 0.1) is 16.1 Å². The van der Waals surface area contributed by atoms with Crippen LogP contribution in [0.15, 0.2) is 60.2 Å². The number of allylic oxidation sites excluding steroid dienone is 1. The second kappa shape index (κ2) is 6.69. The number of fused-ring (bicyclic) bond motifs is 1. The highest BCUT2D eigenvalue weighted by atomic mass is 32.1. The van der Waals surface area contributed by atoms with Crippen LogP contribution in [0.4, 0.5) is 0 Å². The molecule has 1 aliphatic rings. The topological polar surface area (TPSA) is 67.3 Å². The molecule has 1 heterocycles. The summed E-state index contributed by atoms with van der Waals surface area (Å²) in [5.41, 5.74) is 3.70. The summed E-state index contributed by atoms with van der Waals surface area (Å²) in [5, 5.41) is 9.84. The number of rotatable bonds is 3. The van der Waals surface area contributed by atoms with Crippen LogP contribution in [0.5, 0.6) is 0 Å². The van der Waals surface area contributed by atoms with Gasteiger partial charge in [0.25, 0.3) is 0 Å². The molecule has 0 saturated heterocycles. The van der Waals surface area contributed by atoms with Crippen molar-refractivity contribution in [3.63, 3.8) is 0 Å². The van der Waals surface area contributed by atoms with Crippen LogP contribution in [-0.4, -0.2) is 21.8 Å². The van der Waals surface area contributed by atoms with Crippen LogP contribution < -0.4 is 0 Å². The van der Waals surface area contributed by atoms with E-state index in [9.17, 15) is 9.59 Å². The number of hydrogen-bond donors (Lipinski definition) is 1. The van der Waals surface area contributed by atoms with Gasteiger partial charge >= 0.3 is 5.97 Å². The summed E-state index contributed by atoms with van der Waals surface area (Å²) in [5.74, 6) is -0.936.